The van der Waals surface area contributed by atoms with Crippen LogP contribution in [-0.4, -0.2) is 20.5 Å². The molecule has 0 saturated carbocycles. The zero-order valence-corrected chi connectivity index (χ0v) is 10.1. The Balaban J connectivity index is 2.85. The van der Waals surface area contributed by atoms with Gasteiger partial charge in [0.15, 0.2) is 6.29 Å². The van der Waals surface area contributed by atoms with Crippen LogP contribution in [0.4, 0.5) is 5.69 Å². The second-order valence-electron chi connectivity index (χ2n) is 3.66. The largest absolute Gasteiger partial charge is 0.508 e. The van der Waals surface area contributed by atoms with Crippen LogP contribution in [-0.2, 0) is 0 Å². The van der Waals surface area contributed by atoms with Gasteiger partial charge in [0, 0.05) is 0 Å². The van der Waals surface area contributed by atoms with E-state index in [0.717, 1.165) is 11.7 Å². The number of fused-ring (bicyclic) bond motifs is 1. The van der Waals surface area contributed by atoms with Crippen LogP contribution in [0.15, 0.2) is 24.3 Å². The fourth-order valence-corrected chi connectivity index (χ4v) is 1.89. The summed E-state index contributed by atoms with van der Waals surface area (Å²) in [6.45, 7) is 7.09. The molecule has 2 aromatic rings. The Bertz CT molecular complexity index is 656. The zero-order valence-electron chi connectivity index (χ0n) is 10.1. The summed E-state index contributed by atoms with van der Waals surface area (Å²) in [5, 5.41) is 1.53. The van der Waals surface area contributed by atoms with Crippen LogP contribution in [0, 0.1) is 6.57 Å². The second-order valence-corrected chi connectivity index (χ2v) is 3.66. The van der Waals surface area contributed by atoms with Gasteiger partial charge in [0.1, 0.15) is 11.5 Å². The first-order valence-corrected chi connectivity index (χ1v) is 5.26. The number of carbonyl (C=O) groups excluding carboxylic acids is 1. The van der Waals surface area contributed by atoms with Gasteiger partial charge in [-0.05, 0) is 29.0 Å². The average Bonchev–Trinajstić information content (AvgIpc) is 2.44. The SMILES string of the molecule is [C-]#[N+]c1cc2ccc(OC)c(C=O)c2cc1OC. The molecular weight excluding hydrogens is 230 g/mol. The van der Waals surface area contributed by atoms with E-state index < -0.39 is 0 Å². The third kappa shape index (κ3) is 1.76. The minimum absolute atomic E-state index is 0.423. The number of carbonyl (C=O) groups is 1. The van der Waals surface area contributed by atoms with Crippen molar-refractivity contribution in [1.29, 1.82) is 0 Å². The first-order valence-electron chi connectivity index (χ1n) is 5.26. The molecule has 4 heteroatoms. The van der Waals surface area contributed by atoms with Gasteiger partial charge in [0.05, 0.1) is 26.4 Å². The molecule has 0 unspecified atom stereocenters. The summed E-state index contributed by atoms with van der Waals surface area (Å²) in [4.78, 5) is 14.6. The highest BCUT2D eigenvalue weighted by Gasteiger charge is 2.11. The molecule has 0 aromatic heterocycles. The first-order chi connectivity index (χ1) is 8.74. The molecule has 0 heterocycles. The second kappa shape index (κ2) is 4.76. The normalized spacial score (nSPS) is 9.83. The Kier molecular flexibility index (Phi) is 3.16. The van der Waals surface area contributed by atoms with Crippen LogP contribution in [0.25, 0.3) is 15.6 Å². The van der Waals surface area contributed by atoms with E-state index in [1.807, 2.05) is 6.07 Å². The molecule has 0 aliphatic carbocycles. The van der Waals surface area contributed by atoms with Crippen molar-refractivity contribution >= 4 is 22.7 Å². The van der Waals surface area contributed by atoms with Gasteiger partial charge in [-0.1, -0.05) is 6.07 Å². The lowest BCUT2D eigenvalue weighted by Crippen LogP contribution is -1.93. The van der Waals surface area contributed by atoms with E-state index in [0.29, 0.717) is 28.1 Å². The zero-order chi connectivity index (χ0) is 13.1. The monoisotopic (exact) mass is 241 g/mol. The van der Waals surface area contributed by atoms with Crippen molar-refractivity contribution in [2.24, 2.45) is 0 Å². The quantitative estimate of drug-likeness (QED) is 0.611. The predicted octanol–water partition coefficient (Wildman–Crippen LogP) is 3.22. The van der Waals surface area contributed by atoms with Crippen molar-refractivity contribution in [3.63, 3.8) is 0 Å². The Labute approximate surface area is 105 Å². The predicted molar refractivity (Wildman–Crippen MR) is 68.7 cm³/mol. The minimum atomic E-state index is 0.423. The van der Waals surface area contributed by atoms with Crippen LogP contribution in [0.1, 0.15) is 10.4 Å². The first kappa shape index (κ1) is 11.9. The fraction of sp³-hybridized carbons (Fsp3) is 0.143. The smallest absolute Gasteiger partial charge is 0.228 e. The van der Waals surface area contributed by atoms with E-state index >= 15 is 0 Å². The van der Waals surface area contributed by atoms with Crippen LogP contribution >= 0.6 is 0 Å². The van der Waals surface area contributed by atoms with Crippen molar-refractivity contribution in [3.8, 4) is 11.5 Å². The Morgan fingerprint density at radius 2 is 1.89 bits per heavy atom. The third-order valence-electron chi connectivity index (χ3n) is 2.78. The number of hydrogen-bond donors (Lipinski definition) is 0. The van der Waals surface area contributed by atoms with E-state index in [-0.39, 0.29) is 0 Å². The van der Waals surface area contributed by atoms with Crippen LogP contribution in [0.3, 0.4) is 0 Å². The molecule has 0 aliphatic rings. The number of aldehydes is 1. The van der Waals surface area contributed by atoms with Gasteiger partial charge in [-0.2, -0.15) is 0 Å². The average molecular weight is 241 g/mol. The van der Waals surface area contributed by atoms with Gasteiger partial charge in [0.25, 0.3) is 0 Å². The van der Waals surface area contributed by atoms with Crippen LogP contribution < -0.4 is 9.47 Å². The van der Waals surface area contributed by atoms with Gasteiger partial charge in [-0.3, -0.25) is 4.79 Å². The number of methoxy groups -OCH3 is 2. The molecule has 2 aromatic carbocycles. The number of benzene rings is 2. The molecule has 0 amide bonds. The Morgan fingerprint density at radius 1 is 1.17 bits per heavy atom. The molecule has 90 valence electrons. The highest BCUT2D eigenvalue weighted by Crippen LogP contribution is 2.36. The molecule has 0 fully saturated rings. The maximum Gasteiger partial charge on any atom is 0.228 e. The molecule has 0 saturated heterocycles. The molecule has 2 rings (SSSR count). The maximum atomic E-state index is 11.2. The van der Waals surface area contributed by atoms with Gasteiger partial charge in [-0.15, -0.1) is 0 Å². The van der Waals surface area contributed by atoms with E-state index in [1.54, 1.807) is 18.2 Å². The molecule has 4 nitrogen and oxygen atoms in total. The minimum Gasteiger partial charge on any atom is -0.508 e. The lowest BCUT2D eigenvalue weighted by molar-refractivity contribution is 0.112. The molecule has 0 N–H and O–H groups in total. The fourth-order valence-electron chi connectivity index (χ4n) is 1.89. The number of rotatable bonds is 3. The van der Waals surface area contributed by atoms with E-state index in [1.165, 1.54) is 14.2 Å². The van der Waals surface area contributed by atoms with E-state index in [4.69, 9.17) is 16.0 Å². The van der Waals surface area contributed by atoms with Crippen molar-refractivity contribution in [3.05, 3.63) is 41.2 Å². The van der Waals surface area contributed by atoms with Gasteiger partial charge < -0.3 is 9.47 Å². The van der Waals surface area contributed by atoms with Gasteiger partial charge >= 0.3 is 0 Å². The van der Waals surface area contributed by atoms with Crippen molar-refractivity contribution < 1.29 is 14.3 Å². The van der Waals surface area contributed by atoms with Crippen LogP contribution in [0.5, 0.6) is 11.5 Å². The van der Waals surface area contributed by atoms with Crippen LogP contribution in [0.2, 0.25) is 0 Å². The highest BCUT2D eigenvalue weighted by atomic mass is 16.5. The molecule has 0 aliphatic heterocycles. The standard InChI is InChI=1S/C14H11NO3/c1-15-12-6-9-4-5-13(17-2)11(8-16)10(9)7-14(12)18-3/h4-8H,2-3H3. The summed E-state index contributed by atoms with van der Waals surface area (Å²) in [5.74, 6) is 0.962. The maximum absolute atomic E-state index is 11.2. The summed E-state index contributed by atoms with van der Waals surface area (Å²) in [7, 11) is 3.01. The number of ether oxygens (including phenoxy) is 2. The van der Waals surface area contributed by atoms with Crippen molar-refractivity contribution in [2.75, 3.05) is 14.2 Å². The third-order valence-corrected chi connectivity index (χ3v) is 2.78. The summed E-state index contributed by atoms with van der Waals surface area (Å²) in [6.07, 6.45) is 0.748. The lowest BCUT2D eigenvalue weighted by atomic mass is 10.0. The molecule has 0 spiro atoms. The van der Waals surface area contributed by atoms with Crippen molar-refractivity contribution in [2.45, 2.75) is 0 Å². The van der Waals surface area contributed by atoms with Gasteiger partial charge in [0.2, 0.25) is 5.69 Å². The topological polar surface area (TPSA) is 39.9 Å². The Morgan fingerprint density at radius 3 is 2.44 bits per heavy atom. The lowest BCUT2D eigenvalue weighted by Gasteiger charge is -2.10. The molecule has 0 bridgehead atoms. The van der Waals surface area contributed by atoms with Gasteiger partial charge in [-0.25, -0.2) is 4.85 Å². The number of hydrogen-bond acceptors (Lipinski definition) is 3. The summed E-state index contributed by atoms with van der Waals surface area (Å²) >= 11 is 0. The molecule has 0 atom stereocenters. The van der Waals surface area contributed by atoms with Crippen molar-refractivity contribution in [1.82, 2.24) is 0 Å². The summed E-state index contributed by atoms with van der Waals surface area (Å²) < 4.78 is 10.3. The number of nitrogens with zero attached hydrogens (tertiary/aromatic N) is 1. The van der Waals surface area contributed by atoms with E-state index in [2.05, 4.69) is 4.85 Å². The Hall–Kier alpha value is -2.54. The summed E-state index contributed by atoms with van der Waals surface area (Å²) in [5.41, 5.74) is 0.886. The molecular formula is C14H11NO3. The molecule has 18 heavy (non-hydrogen) atoms. The summed E-state index contributed by atoms with van der Waals surface area (Å²) in [6, 6.07) is 6.92. The molecule has 0 radical (unpaired) electrons. The highest BCUT2D eigenvalue weighted by molar-refractivity contribution is 6.03. The van der Waals surface area contributed by atoms with E-state index in [9.17, 15) is 4.79 Å².